The van der Waals surface area contributed by atoms with Crippen molar-refractivity contribution in [3.63, 3.8) is 0 Å². The molecular formula is C35H35FN6O4. The Morgan fingerprint density at radius 3 is 2.43 bits per heavy atom. The minimum Gasteiger partial charge on any atom is -0.497 e. The molecule has 3 heterocycles. The van der Waals surface area contributed by atoms with Crippen LogP contribution < -0.4 is 15.4 Å². The van der Waals surface area contributed by atoms with Crippen molar-refractivity contribution in [2.75, 3.05) is 32.2 Å². The number of benzene rings is 3. The maximum atomic E-state index is 13.8. The van der Waals surface area contributed by atoms with Crippen molar-refractivity contribution in [2.45, 2.75) is 26.2 Å². The molecule has 0 radical (unpaired) electrons. The van der Waals surface area contributed by atoms with Crippen LogP contribution in [0.3, 0.4) is 0 Å². The van der Waals surface area contributed by atoms with Crippen LogP contribution in [0.15, 0.2) is 91.1 Å². The molecule has 236 valence electrons. The maximum Gasteiger partial charge on any atom is 0.224 e. The van der Waals surface area contributed by atoms with Gasteiger partial charge in [-0.3, -0.25) is 4.79 Å². The van der Waals surface area contributed by atoms with Gasteiger partial charge in [0.25, 0.3) is 0 Å². The third-order valence-electron chi connectivity index (χ3n) is 7.67. The van der Waals surface area contributed by atoms with Crippen LogP contribution in [0, 0.1) is 11.2 Å². The lowest BCUT2D eigenvalue weighted by molar-refractivity contribution is -0.232. The van der Waals surface area contributed by atoms with Crippen molar-refractivity contribution < 1.29 is 23.4 Å². The second-order valence-electron chi connectivity index (χ2n) is 11.5. The molecule has 0 bridgehead atoms. The standard InChI is InChI=1S/C35H35FN6O4/c1-35(20-39-29(43)18-23-6-4-3-5-7-23)21-45-33(46-22-35)32-41-30(25-10-12-26(36)13-11-25)31(42-32)28-16-17-37-34(40-28)38-19-24-8-14-27(44-2)15-9-24/h3-17,33H,18-22H2,1-2H3,(H,39,43)(H,41,42)(H,37,38,40). The van der Waals surface area contributed by atoms with Crippen molar-refractivity contribution in [2.24, 2.45) is 5.41 Å². The van der Waals surface area contributed by atoms with Gasteiger partial charge < -0.3 is 29.8 Å². The SMILES string of the molecule is COc1ccc(CNc2nccc(-c3[nH]c(C4OCC(C)(CNC(=O)Cc5ccccc5)CO4)nc3-c3ccc(F)cc3)n2)cc1. The number of amides is 1. The van der Waals surface area contributed by atoms with E-state index in [4.69, 9.17) is 24.2 Å². The molecule has 1 fully saturated rings. The number of nitrogens with one attached hydrogen (secondary N) is 3. The lowest BCUT2D eigenvalue weighted by Gasteiger charge is -2.36. The molecule has 0 aliphatic carbocycles. The van der Waals surface area contributed by atoms with E-state index in [0.717, 1.165) is 16.9 Å². The van der Waals surface area contributed by atoms with Crippen LogP contribution >= 0.6 is 0 Å². The third kappa shape index (κ3) is 7.56. The molecule has 0 spiro atoms. The fraction of sp³-hybridized carbons (Fsp3) is 0.257. The topological polar surface area (TPSA) is 123 Å². The highest BCUT2D eigenvalue weighted by atomic mass is 19.1. The Balaban J connectivity index is 1.16. The zero-order chi connectivity index (χ0) is 31.9. The summed E-state index contributed by atoms with van der Waals surface area (Å²) in [5.41, 5.74) is 4.05. The number of imidazole rings is 1. The smallest absolute Gasteiger partial charge is 0.224 e. The first kappa shape index (κ1) is 30.9. The number of nitrogens with zero attached hydrogens (tertiary/aromatic N) is 3. The van der Waals surface area contributed by atoms with E-state index in [2.05, 4.69) is 20.6 Å². The zero-order valence-electron chi connectivity index (χ0n) is 25.6. The van der Waals surface area contributed by atoms with E-state index in [1.165, 1.54) is 12.1 Å². The van der Waals surface area contributed by atoms with Gasteiger partial charge in [0.15, 0.2) is 5.82 Å². The molecule has 1 amide bonds. The first-order valence-corrected chi connectivity index (χ1v) is 15.0. The van der Waals surface area contributed by atoms with Gasteiger partial charge in [-0.1, -0.05) is 49.4 Å². The van der Waals surface area contributed by atoms with Gasteiger partial charge in [0.2, 0.25) is 18.1 Å². The van der Waals surface area contributed by atoms with Crippen LogP contribution in [0.5, 0.6) is 5.75 Å². The molecule has 11 heteroatoms. The number of hydrogen-bond acceptors (Lipinski definition) is 8. The predicted molar refractivity (Wildman–Crippen MR) is 171 cm³/mol. The Morgan fingerprint density at radius 1 is 0.978 bits per heavy atom. The van der Waals surface area contributed by atoms with Crippen molar-refractivity contribution in [1.82, 2.24) is 25.3 Å². The van der Waals surface area contributed by atoms with Gasteiger partial charge in [0.05, 0.1) is 43.8 Å². The summed E-state index contributed by atoms with van der Waals surface area (Å²) in [5.74, 6) is 1.27. The number of rotatable bonds is 11. The van der Waals surface area contributed by atoms with Crippen LogP contribution in [-0.2, 0) is 27.2 Å². The Kier molecular flexibility index (Phi) is 9.32. The van der Waals surface area contributed by atoms with Crippen LogP contribution in [0.25, 0.3) is 22.6 Å². The third-order valence-corrected chi connectivity index (χ3v) is 7.67. The van der Waals surface area contributed by atoms with Gasteiger partial charge >= 0.3 is 0 Å². The maximum absolute atomic E-state index is 13.8. The molecular weight excluding hydrogens is 587 g/mol. The summed E-state index contributed by atoms with van der Waals surface area (Å²) in [4.78, 5) is 29.8. The number of carbonyl (C=O) groups is 1. The Hall–Kier alpha value is -5.13. The van der Waals surface area contributed by atoms with Crippen molar-refractivity contribution in [3.05, 3.63) is 114 Å². The zero-order valence-corrected chi connectivity index (χ0v) is 25.6. The number of hydrogen-bond donors (Lipinski definition) is 3. The summed E-state index contributed by atoms with van der Waals surface area (Å²) in [6.45, 7) is 3.62. The summed E-state index contributed by atoms with van der Waals surface area (Å²) in [7, 11) is 1.63. The van der Waals surface area contributed by atoms with Gasteiger partial charge in [-0.2, -0.15) is 0 Å². The molecule has 10 nitrogen and oxygen atoms in total. The second kappa shape index (κ2) is 13.9. The molecule has 2 aromatic heterocycles. The molecule has 1 saturated heterocycles. The van der Waals surface area contributed by atoms with Crippen LogP contribution in [0.1, 0.15) is 30.2 Å². The number of aromatic nitrogens is 4. The Morgan fingerprint density at radius 2 is 1.72 bits per heavy atom. The predicted octanol–water partition coefficient (Wildman–Crippen LogP) is 5.70. The van der Waals surface area contributed by atoms with E-state index >= 15 is 0 Å². The molecule has 1 aliphatic rings. The number of H-pyrrole nitrogens is 1. The molecule has 0 atom stereocenters. The summed E-state index contributed by atoms with van der Waals surface area (Å²) in [6.07, 6.45) is 1.21. The second-order valence-corrected chi connectivity index (χ2v) is 11.5. The van der Waals surface area contributed by atoms with Gasteiger partial charge in [-0.25, -0.2) is 19.3 Å². The normalized spacial score (nSPS) is 17.8. The minimum absolute atomic E-state index is 0.0585. The Bertz CT molecular complexity index is 1750. The fourth-order valence-corrected chi connectivity index (χ4v) is 5.07. The number of carbonyl (C=O) groups excluding carboxylic acids is 1. The first-order chi connectivity index (χ1) is 22.4. The van der Waals surface area contributed by atoms with Gasteiger partial charge in [-0.15, -0.1) is 0 Å². The van der Waals surface area contributed by atoms with Gasteiger partial charge in [0.1, 0.15) is 11.6 Å². The molecule has 1 aliphatic heterocycles. The van der Waals surface area contributed by atoms with E-state index in [9.17, 15) is 9.18 Å². The van der Waals surface area contributed by atoms with Gasteiger partial charge in [-0.05, 0) is 53.6 Å². The fourth-order valence-electron chi connectivity index (χ4n) is 5.07. The number of methoxy groups -OCH3 is 1. The van der Waals surface area contributed by atoms with Crippen molar-refractivity contribution in [1.29, 1.82) is 0 Å². The molecule has 3 aromatic carbocycles. The number of anilines is 1. The van der Waals surface area contributed by atoms with E-state index in [1.807, 2.05) is 61.5 Å². The Labute approximate surface area is 266 Å². The molecule has 0 unspecified atom stereocenters. The van der Waals surface area contributed by atoms with Crippen molar-refractivity contribution >= 4 is 11.9 Å². The average Bonchev–Trinajstić information content (AvgIpc) is 3.54. The summed E-state index contributed by atoms with van der Waals surface area (Å²) < 4.78 is 31.3. The largest absolute Gasteiger partial charge is 0.497 e. The first-order valence-electron chi connectivity index (χ1n) is 15.0. The monoisotopic (exact) mass is 622 g/mol. The molecule has 0 saturated carbocycles. The van der Waals surface area contributed by atoms with Crippen molar-refractivity contribution in [3.8, 4) is 28.4 Å². The lowest BCUT2D eigenvalue weighted by atomic mass is 9.92. The van der Waals surface area contributed by atoms with E-state index in [-0.39, 0.29) is 11.7 Å². The molecule has 6 rings (SSSR count). The number of ether oxygens (including phenoxy) is 3. The quantitative estimate of drug-likeness (QED) is 0.171. The molecule has 5 aromatic rings. The highest BCUT2D eigenvalue weighted by molar-refractivity contribution is 5.78. The van der Waals surface area contributed by atoms with E-state index < -0.39 is 11.7 Å². The highest BCUT2D eigenvalue weighted by Gasteiger charge is 2.35. The number of halogens is 1. The van der Waals surface area contributed by atoms with Crippen LogP contribution in [0.2, 0.25) is 0 Å². The summed E-state index contributed by atoms with van der Waals surface area (Å²) in [5, 5.41) is 6.27. The van der Waals surface area contributed by atoms with E-state index in [0.29, 0.717) is 67.1 Å². The number of aromatic amines is 1. The molecule has 46 heavy (non-hydrogen) atoms. The molecule has 3 N–H and O–H groups in total. The van der Waals surface area contributed by atoms with Crippen LogP contribution in [0.4, 0.5) is 10.3 Å². The minimum atomic E-state index is -0.768. The van der Waals surface area contributed by atoms with Crippen LogP contribution in [-0.4, -0.2) is 52.7 Å². The van der Waals surface area contributed by atoms with Gasteiger partial charge in [0, 0.05) is 30.3 Å². The highest BCUT2D eigenvalue weighted by Crippen LogP contribution is 2.35. The summed E-state index contributed by atoms with van der Waals surface area (Å²) in [6, 6.07) is 25.2. The summed E-state index contributed by atoms with van der Waals surface area (Å²) >= 11 is 0. The lowest BCUT2D eigenvalue weighted by Crippen LogP contribution is -2.45. The average molecular weight is 623 g/mol. The van der Waals surface area contributed by atoms with E-state index in [1.54, 1.807) is 31.5 Å².